The molecule has 0 aromatic carbocycles. The summed E-state index contributed by atoms with van der Waals surface area (Å²) >= 11 is 0. The molecule has 0 rings (SSSR count). The number of nitriles is 2. The van der Waals surface area contributed by atoms with Crippen LogP contribution in [0.25, 0.3) is 0 Å². The molecule has 25 heavy (non-hydrogen) atoms. The van der Waals surface area contributed by atoms with Gasteiger partial charge in [0.15, 0.2) is 0 Å². The van der Waals surface area contributed by atoms with Crippen molar-refractivity contribution in [2.75, 3.05) is 26.4 Å². The van der Waals surface area contributed by atoms with Crippen LogP contribution in [-0.4, -0.2) is 58.8 Å². The molecule has 0 saturated carbocycles. The normalized spacial score (nSPS) is 9.76. The first-order valence-corrected chi connectivity index (χ1v) is 6.57. The summed E-state index contributed by atoms with van der Waals surface area (Å²) in [6, 6.07) is 2.99. The lowest BCUT2D eigenvalue weighted by Crippen LogP contribution is -2.03. The first kappa shape index (κ1) is 26.6. The molecule has 9 nitrogen and oxygen atoms in total. The molecule has 4 N–H and O–H groups in total. The van der Waals surface area contributed by atoms with Crippen LogP contribution in [0.2, 0.25) is 0 Å². The quantitative estimate of drug-likeness (QED) is 0.209. The highest BCUT2D eigenvalue weighted by Crippen LogP contribution is 1.91. The predicted molar refractivity (Wildman–Crippen MR) is 88.0 cm³/mol. The van der Waals surface area contributed by atoms with E-state index in [2.05, 4.69) is 17.9 Å². The Bertz CT molecular complexity index is 516. The molecule has 0 bridgehead atoms. The van der Waals surface area contributed by atoms with E-state index in [4.69, 9.17) is 30.9 Å². The van der Waals surface area contributed by atoms with Gasteiger partial charge in [0.2, 0.25) is 0 Å². The van der Waals surface area contributed by atoms with Gasteiger partial charge in [0.05, 0.1) is 26.4 Å². The standard InChI is InChI=1S/2C6H5NO2.C4H10O3/c2*1-2-3-5(4-7)6(8)9;5-1-3-7-4-2-6/h2*2-3H,1H2,(H,8,9);5-6H,1-4H2. The maximum absolute atomic E-state index is 9.98. The molecule has 0 aliphatic rings. The number of hydrogen-bond acceptors (Lipinski definition) is 7. The second-order valence-corrected chi connectivity index (χ2v) is 3.53. The van der Waals surface area contributed by atoms with Crippen molar-refractivity contribution in [3.05, 3.63) is 48.6 Å². The summed E-state index contributed by atoms with van der Waals surface area (Å²) in [5, 5.41) is 48.7. The smallest absolute Gasteiger partial charge is 0.346 e. The fourth-order valence-electron chi connectivity index (χ4n) is 0.780. The second kappa shape index (κ2) is 20.8. The van der Waals surface area contributed by atoms with Crippen LogP contribution in [0.15, 0.2) is 48.6 Å². The summed E-state index contributed by atoms with van der Waals surface area (Å²) in [7, 11) is 0. The van der Waals surface area contributed by atoms with Gasteiger partial charge < -0.3 is 25.2 Å². The molecule has 0 aromatic rings. The summed E-state index contributed by atoms with van der Waals surface area (Å²) in [4.78, 5) is 20.0. The first-order valence-electron chi connectivity index (χ1n) is 6.57. The SMILES string of the molecule is C=CC=C(C#N)C(=O)O.C=CC=C(C#N)C(=O)O.OCCOCCO. The Kier molecular flexibility index (Phi) is 22.1. The molecule has 136 valence electrons. The maximum Gasteiger partial charge on any atom is 0.346 e. The zero-order valence-electron chi connectivity index (χ0n) is 13.5. The van der Waals surface area contributed by atoms with Gasteiger partial charge in [0, 0.05) is 0 Å². The minimum atomic E-state index is -1.22. The van der Waals surface area contributed by atoms with Crippen LogP contribution in [-0.2, 0) is 14.3 Å². The molecule has 0 aliphatic carbocycles. The lowest BCUT2D eigenvalue weighted by atomic mass is 10.3. The summed E-state index contributed by atoms with van der Waals surface area (Å²) in [5.41, 5.74) is -0.602. The average molecular weight is 352 g/mol. The number of carbonyl (C=O) groups is 2. The topological polar surface area (TPSA) is 172 Å². The van der Waals surface area contributed by atoms with Crippen molar-refractivity contribution in [2.24, 2.45) is 0 Å². The van der Waals surface area contributed by atoms with E-state index in [1.807, 2.05) is 0 Å². The van der Waals surface area contributed by atoms with E-state index in [1.165, 1.54) is 24.3 Å². The van der Waals surface area contributed by atoms with Crippen LogP contribution in [0.3, 0.4) is 0 Å². The number of ether oxygens (including phenoxy) is 1. The largest absolute Gasteiger partial charge is 0.477 e. The second-order valence-electron chi connectivity index (χ2n) is 3.53. The lowest BCUT2D eigenvalue weighted by Gasteiger charge is -1.94. The molecule has 0 atom stereocenters. The number of carboxylic acid groups (broad SMARTS) is 2. The molecule has 0 unspecified atom stereocenters. The van der Waals surface area contributed by atoms with Crippen molar-refractivity contribution < 1.29 is 34.8 Å². The number of allylic oxidation sites excluding steroid dienone is 4. The van der Waals surface area contributed by atoms with Crippen molar-refractivity contribution in [1.82, 2.24) is 0 Å². The number of aliphatic hydroxyl groups is 2. The zero-order valence-corrected chi connectivity index (χ0v) is 13.5. The number of rotatable bonds is 8. The van der Waals surface area contributed by atoms with Gasteiger partial charge in [-0.2, -0.15) is 10.5 Å². The maximum atomic E-state index is 9.98. The summed E-state index contributed by atoms with van der Waals surface area (Å²) in [5.74, 6) is -2.45. The van der Waals surface area contributed by atoms with Gasteiger partial charge >= 0.3 is 11.9 Å². The third-order valence-electron chi connectivity index (χ3n) is 1.74. The van der Waals surface area contributed by atoms with E-state index in [0.717, 1.165) is 12.2 Å². The van der Waals surface area contributed by atoms with Crippen molar-refractivity contribution in [3.8, 4) is 12.1 Å². The van der Waals surface area contributed by atoms with Crippen LogP contribution >= 0.6 is 0 Å². The van der Waals surface area contributed by atoms with E-state index in [1.54, 1.807) is 0 Å². The van der Waals surface area contributed by atoms with Crippen LogP contribution in [0.5, 0.6) is 0 Å². The molecule has 0 spiro atoms. The zero-order chi connectivity index (χ0) is 20.1. The Morgan fingerprint density at radius 1 is 0.880 bits per heavy atom. The van der Waals surface area contributed by atoms with E-state index in [9.17, 15) is 9.59 Å². The summed E-state index contributed by atoms with van der Waals surface area (Å²) in [6.07, 6.45) is 4.80. The molecule has 9 heteroatoms. The monoisotopic (exact) mass is 352 g/mol. The molecule has 0 aliphatic heterocycles. The molecule has 0 radical (unpaired) electrons. The molecular formula is C16H20N2O7. The summed E-state index contributed by atoms with van der Waals surface area (Å²) in [6.45, 7) is 7.18. The summed E-state index contributed by atoms with van der Waals surface area (Å²) < 4.78 is 4.63. The Balaban J connectivity index is -0.000000293. The highest BCUT2D eigenvalue weighted by Gasteiger charge is 2.02. The number of aliphatic hydroxyl groups excluding tert-OH is 2. The van der Waals surface area contributed by atoms with Gasteiger partial charge in [-0.1, -0.05) is 25.3 Å². The Hall–Kier alpha value is -3.24. The minimum Gasteiger partial charge on any atom is -0.477 e. The van der Waals surface area contributed by atoms with E-state index in [0.29, 0.717) is 13.2 Å². The Morgan fingerprint density at radius 2 is 1.20 bits per heavy atom. The van der Waals surface area contributed by atoms with Crippen molar-refractivity contribution in [1.29, 1.82) is 10.5 Å². The highest BCUT2D eigenvalue weighted by atomic mass is 16.5. The minimum absolute atomic E-state index is 0.0278. The van der Waals surface area contributed by atoms with Crippen molar-refractivity contribution in [3.63, 3.8) is 0 Å². The molecular weight excluding hydrogens is 332 g/mol. The fraction of sp³-hybridized carbons (Fsp3) is 0.250. The molecule has 0 aromatic heterocycles. The van der Waals surface area contributed by atoms with Gasteiger partial charge in [0.1, 0.15) is 23.3 Å². The number of hydrogen-bond donors (Lipinski definition) is 4. The van der Waals surface area contributed by atoms with E-state index < -0.39 is 11.9 Å². The van der Waals surface area contributed by atoms with Gasteiger partial charge in [-0.3, -0.25) is 0 Å². The van der Waals surface area contributed by atoms with Crippen molar-refractivity contribution >= 4 is 11.9 Å². The van der Waals surface area contributed by atoms with Gasteiger partial charge in [-0.15, -0.1) is 0 Å². The van der Waals surface area contributed by atoms with Crippen LogP contribution in [0, 0.1) is 22.7 Å². The fourth-order valence-corrected chi connectivity index (χ4v) is 0.780. The average Bonchev–Trinajstić information content (AvgIpc) is 2.58. The first-order chi connectivity index (χ1) is 11.9. The number of aliphatic carboxylic acids is 2. The van der Waals surface area contributed by atoms with Crippen LogP contribution < -0.4 is 0 Å². The van der Waals surface area contributed by atoms with Crippen molar-refractivity contribution in [2.45, 2.75) is 0 Å². The predicted octanol–water partition coefficient (Wildman–Crippen LogP) is 0.402. The van der Waals surface area contributed by atoms with Gasteiger partial charge in [0.25, 0.3) is 0 Å². The number of nitrogens with zero attached hydrogens (tertiary/aromatic N) is 2. The molecule has 0 fully saturated rings. The van der Waals surface area contributed by atoms with E-state index in [-0.39, 0.29) is 24.4 Å². The molecule has 0 heterocycles. The molecule has 0 amide bonds. The van der Waals surface area contributed by atoms with Crippen LogP contribution in [0.1, 0.15) is 0 Å². The third-order valence-corrected chi connectivity index (χ3v) is 1.74. The molecule has 0 saturated heterocycles. The van der Waals surface area contributed by atoms with Gasteiger partial charge in [-0.05, 0) is 12.2 Å². The Labute approximate surface area is 145 Å². The van der Waals surface area contributed by atoms with Gasteiger partial charge in [-0.25, -0.2) is 9.59 Å². The lowest BCUT2D eigenvalue weighted by molar-refractivity contribution is -0.133. The Morgan fingerprint density at radius 3 is 1.32 bits per heavy atom. The highest BCUT2D eigenvalue weighted by molar-refractivity contribution is 5.91. The third kappa shape index (κ3) is 20.8. The van der Waals surface area contributed by atoms with E-state index >= 15 is 0 Å². The van der Waals surface area contributed by atoms with Crippen LogP contribution in [0.4, 0.5) is 0 Å². The number of carboxylic acids is 2.